The first kappa shape index (κ1) is 9.01. The van der Waals surface area contributed by atoms with Crippen LogP contribution in [-0.4, -0.2) is 38.1 Å². The van der Waals surface area contributed by atoms with Crippen LogP contribution in [0, 0.1) is 0 Å². The summed E-state index contributed by atoms with van der Waals surface area (Å²) in [7, 11) is 4.27. The Hall–Kier alpha value is -0.0800. The number of hydrogen-bond acceptors (Lipinski definition) is 2. The minimum Gasteiger partial charge on any atom is -0.320 e. The number of nitrogens with zero attached hydrogens (tertiary/aromatic N) is 1. The first-order valence-corrected chi connectivity index (χ1v) is 4.69. The van der Waals surface area contributed by atoms with E-state index in [1.165, 1.54) is 38.8 Å². The van der Waals surface area contributed by atoms with Crippen molar-refractivity contribution < 1.29 is 0 Å². The highest BCUT2D eigenvalue weighted by Gasteiger charge is 2.19. The SMILES string of the molecule is CNCCCC1CCCN1C. The van der Waals surface area contributed by atoms with E-state index >= 15 is 0 Å². The van der Waals surface area contributed by atoms with Crippen LogP contribution in [-0.2, 0) is 0 Å². The summed E-state index contributed by atoms with van der Waals surface area (Å²) in [6, 6.07) is 0.878. The molecule has 1 aliphatic heterocycles. The summed E-state index contributed by atoms with van der Waals surface area (Å²) in [6.45, 7) is 2.48. The molecule has 0 amide bonds. The third-order valence-corrected chi connectivity index (χ3v) is 2.64. The van der Waals surface area contributed by atoms with Crippen molar-refractivity contribution >= 4 is 0 Å². The Morgan fingerprint density at radius 2 is 2.36 bits per heavy atom. The van der Waals surface area contributed by atoms with Crippen molar-refractivity contribution in [1.82, 2.24) is 10.2 Å². The molecule has 0 spiro atoms. The third-order valence-electron chi connectivity index (χ3n) is 2.64. The van der Waals surface area contributed by atoms with E-state index in [0.717, 1.165) is 6.04 Å². The van der Waals surface area contributed by atoms with Gasteiger partial charge in [0.05, 0.1) is 0 Å². The molecule has 0 bridgehead atoms. The van der Waals surface area contributed by atoms with E-state index in [2.05, 4.69) is 17.3 Å². The Morgan fingerprint density at radius 3 is 2.91 bits per heavy atom. The Balaban J connectivity index is 2.05. The lowest BCUT2D eigenvalue weighted by molar-refractivity contribution is 0.291. The highest BCUT2D eigenvalue weighted by molar-refractivity contribution is 4.75. The Kier molecular flexibility index (Phi) is 3.87. The summed E-state index contributed by atoms with van der Waals surface area (Å²) in [6.07, 6.45) is 5.52. The van der Waals surface area contributed by atoms with Crippen molar-refractivity contribution in [2.45, 2.75) is 31.7 Å². The van der Waals surface area contributed by atoms with E-state index in [-0.39, 0.29) is 0 Å². The molecular weight excluding hydrogens is 136 g/mol. The number of nitrogens with one attached hydrogen (secondary N) is 1. The van der Waals surface area contributed by atoms with Crippen LogP contribution in [0.5, 0.6) is 0 Å². The number of likely N-dealkylation sites (tertiary alicyclic amines) is 1. The van der Waals surface area contributed by atoms with Crippen LogP contribution >= 0.6 is 0 Å². The quantitative estimate of drug-likeness (QED) is 0.613. The molecule has 0 aromatic carbocycles. The highest BCUT2D eigenvalue weighted by Crippen LogP contribution is 2.18. The summed E-state index contributed by atoms with van der Waals surface area (Å²) >= 11 is 0. The smallest absolute Gasteiger partial charge is 0.00931 e. The summed E-state index contributed by atoms with van der Waals surface area (Å²) in [5.74, 6) is 0. The first-order valence-electron chi connectivity index (χ1n) is 4.69. The van der Waals surface area contributed by atoms with Crippen molar-refractivity contribution in [2.75, 3.05) is 27.2 Å². The van der Waals surface area contributed by atoms with Crippen molar-refractivity contribution in [1.29, 1.82) is 0 Å². The lowest BCUT2D eigenvalue weighted by Crippen LogP contribution is -2.25. The molecule has 0 aromatic heterocycles. The van der Waals surface area contributed by atoms with E-state index in [1.54, 1.807) is 0 Å². The van der Waals surface area contributed by atoms with Gasteiger partial charge in [-0.15, -0.1) is 0 Å². The third kappa shape index (κ3) is 2.80. The minimum atomic E-state index is 0.878. The van der Waals surface area contributed by atoms with Crippen molar-refractivity contribution in [3.63, 3.8) is 0 Å². The monoisotopic (exact) mass is 156 g/mol. The van der Waals surface area contributed by atoms with E-state index in [4.69, 9.17) is 0 Å². The Bertz CT molecular complexity index is 104. The molecule has 1 saturated heterocycles. The second kappa shape index (κ2) is 4.73. The second-order valence-electron chi connectivity index (χ2n) is 3.52. The van der Waals surface area contributed by atoms with Crippen LogP contribution in [0.4, 0.5) is 0 Å². The van der Waals surface area contributed by atoms with Gasteiger partial charge in [0.15, 0.2) is 0 Å². The Labute approximate surface area is 70.0 Å². The van der Waals surface area contributed by atoms with Crippen LogP contribution in [0.3, 0.4) is 0 Å². The van der Waals surface area contributed by atoms with Crippen molar-refractivity contribution in [3.05, 3.63) is 0 Å². The maximum Gasteiger partial charge on any atom is 0.00931 e. The highest BCUT2D eigenvalue weighted by atomic mass is 15.1. The lowest BCUT2D eigenvalue weighted by atomic mass is 10.1. The topological polar surface area (TPSA) is 15.3 Å². The lowest BCUT2D eigenvalue weighted by Gasteiger charge is -2.18. The van der Waals surface area contributed by atoms with Gasteiger partial charge in [-0.25, -0.2) is 0 Å². The average Bonchev–Trinajstić information content (AvgIpc) is 2.37. The van der Waals surface area contributed by atoms with Crippen LogP contribution in [0.15, 0.2) is 0 Å². The van der Waals surface area contributed by atoms with Gasteiger partial charge in [0.25, 0.3) is 0 Å². The van der Waals surface area contributed by atoms with Crippen molar-refractivity contribution in [2.24, 2.45) is 0 Å². The molecule has 0 aliphatic carbocycles. The molecule has 0 aromatic rings. The van der Waals surface area contributed by atoms with E-state index in [9.17, 15) is 0 Å². The van der Waals surface area contributed by atoms with E-state index in [1.807, 2.05) is 7.05 Å². The predicted octanol–water partition coefficient (Wildman–Crippen LogP) is 1.08. The predicted molar refractivity (Wildman–Crippen MR) is 48.8 cm³/mol. The molecule has 1 N–H and O–H groups in total. The zero-order valence-electron chi connectivity index (χ0n) is 7.77. The maximum absolute atomic E-state index is 3.19. The van der Waals surface area contributed by atoms with Crippen LogP contribution in [0.2, 0.25) is 0 Å². The van der Waals surface area contributed by atoms with E-state index in [0.29, 0.717) is 0 Å². The van der Waals surface area contributed by atoms with Gasteiger partial charge in [-0.2, -0.15) is 0 Å². The van der Waals surface area contributed by atoms with Gasteiger partial charge in [0.1, 0.15) is 0 Å². The molecule has 1 unspecified atom stereocenters. The van der Waals surface area contributed by atoms with Gasteiger partial charge in [-0.3, -0.25) is 0 Å². The molecular formula is C9H20N2. The fourth-order valence-corrected chi connectivity index (χ4v) is 1.86. The van der Waals surface area contributed by atoms with Crippen LogP contribution < -0.4 is 5.32 Å². The van der Waals surface area contributed by atoms with E-state index < -0.39 is 0 Å². The maximum atomic E-state index is 3.19. The molecule has 0 saturated carbocycles. The zero-order valence-corrected chi connectivity index (χ0v) is 7.77. The van der Waals surface area contributed by atoms with Gasteiger partial charge in [0, 0.05) is 6.04 Å². The van der Waals surface area contributed by atoms with Crippen LogP contribution in [0.1, 0.15) is 25.7 Å². The van der Waals surface area contributed by atoms with Gasteiger partial charge < -0.3 is 10.2 Å². The summed E-state index contributed by atoms with van der Waals surface area (Å²) in [5, 5.41) is 3.19. The standard InChI is InChI=1S/C9H20N2/c1-10-7-3-5-9-6-4-8-11(9)2/h9-10H,3-8H2,1-2H3. The molecule has 1 heterocycles. The summed E-state index contributed by atoms with van der Waals surface area (Å²) in [5.41, 5.74) is 0. The average molecular weight is 156 g/mol. The van der Waals surface area contributed by atoms with Crippen LogP contribution in [0.25, 0.3) is 0 Å². The van der Waals surface area contributed by atoms with Gasteiger partial charge in [-0.05, 0) is 52.9 Å². The minimum absolute atomic E-state index is 0.878. The molecule has 0 radical (unpaired) electrons. The fraction of sp³-hybridized carbons (Fsp3) is 1.00. The van der Waals surface area contributed by atoms with Gasteiger partial charge >= 0.3 is 0 Å². The molecule has 66 valence electrons. The largest absolute Gasteiger partial charge is 0.320 e. The molecule has 11 heavy (non-hydrogen) atoms. The Morgan fingerprint density at radius 1 is 1.55 bits per heavy atom. The molecule has 2 nitrogen and oxygen atoms in total. The molecule has 1 aliphatic rings. The molecule has 1 fully saturated rings. The number of rotatable bonds is 4. The summed E-state index contributed by atoms with van der Waals surface area (Å²) < 4.78 is 0. The molecule has 1 atom stereocenters. The normalized spacial score (nSPS) is 26.2. The first-order chi connectivity index (χ1) is 5.34. The van der Waals surface area contributed by atoms with Crippen molar-refractivity contribution in [3.8, 4) is 0 Å². The summed E-state index contributed by atoms with van der Waals surface area (Å²) in [4.78, 5) is 2.50. The van der Waals surface area contributed by atoms with Gasteiger partial charge in [-0.1, -0.05) is 0 Å². The fourth-order valence-electron chi connectivity index (χ4n) is 1.86. The second-order valence-corrected chi connectivity index (χ2v) is 3.52. The molecule has 2 heteroatoms. The number of hydrogen-bond donors (Lipinski definition) is 1. The zero-order chi connectivity index (χ0) is 8.10. The van der Waals surface area contributed by atoms with Gasteiger partial charge in [0.2, 0.25) is 0 Å². The molecule has 1 rings (SSSR count).